The summed E-state index contributed by atoms with van der Waals surface area (Å²) in [5.74, 6) is -0.300. The molecule has 0 aliphatic rings. The van der Waals surface area contributed by atoms with E-state index in [1.807, 2.05) is 0 Å². The Morgan fingerprint density at radius 2 is 1.85 bits per heavy atom. The van der Waals surface area contributed by atoms with Crippen molar-refractivity contribution in [1.82, 2.24) is 5.32 Å². The van der Waals surface area contributed by atoms with E-state index in [9.17, 15) is 4.79 Å². The lowest BCUT2D eigenvalue weighted by molar-refractivity contribution is -0.143. The van der Waals surface area contributed by atoms with E-state index in [4.69, 9.17) is 9.47 Å². The lowest BCUT2D eigenvalue weighted by Crippen LogP contribution is -2.40. The van der Waals surface area contributed by atoms with Crippen LogP contribution in [0, 0.1) is 0 Å². The predicted octanol–water partition coefficient (Wildman–Crippen LogP) is -0.244. The highest BCUT2D eigenvalue weighted by atomic mass is 16.7. The molecule has 0 aromatic carbocycles. The van der Waals surface area contributed by atoms with Crippen LogP contribution < -0.4 is 5.32 Å². The van der Waals surface area contributed by atoms with Crippen LogP contribution in [0.5, 0.6) is 0 Å². The lowest BCUT2D eigenvalue weighted by Gasteiger charge is -2.16. The molecule has 5 heteroatoms. The minimum absolute atomic E-state index is 0.300. The number of esters is 1. The molecule has 0 aliphatic heterocycles. The van der Waals surface area contributed by atoms with Gasteiger partial charge in [-0.2, -0.15) is 0 Å². The lowest BCUT2D eigenvalue weighted by atomic mass is 10.3. The summed E-state index contributed by atoms with van der Waals surface area (Å²) < 4.78 is 14.4. The van der Waals surface area contributed by atoms with Crippen molar-refractivity contribution in [2.75, 3.05) is 27.9 Å². The first-order valence-electron chi connectivity index (χ1n) is 4.02. The maximum absolute atomic E-state index is 10.9. The Morgan fingerprint density at radius 1 is 1.31 bits per heavy atom. The number of carbonyl (C=O) groups is 1. The Morgan fingerprint density at radius 3 is 2.23 bits per heavy atom. The van der Waals surface area contributed by atoms with Crippen LogP contribution in [0.2, 0.25) is 0 Å². The van der Waals surface area contributed by atoms with Crippen LogP contribution in [-0.4, -0.2) is 46.2 Å². The van der Waals surface area contributed by atoms with Crippen LogP contribution >= 0.6 is 0 Å². The van der Waals surface area contributed by atoms with E-state index >= 15 is 0 Å². The zero-order valence-corrected chi connectivity index (χ0v) is 8.49. The highest BCUT2D eigenvalue weighted by Gasteiger charge is 2.14. The van der Waals surface area contributed by atoms with Crippen molar-refractivity contribution >= 4 is 5.97 Å². The van der Waals surface area contributed by atoms with E-state index in [1.54, 1.807) is 21.1 Å². The molecule has 0 spiro atoms. The van der Waals surface area contributed by atoms with Crippen molar-refractivity contribution in [3.05, 3.63) is 0 Å². The zero-order chi connectivity index (χ0) is 10.3. The summed E-state index contributed by atoms with van der Waals surface area (Å²) in [4.78, 5) is 10.9. The van der Waals surface area contributed by atoms with Gasteiger partial charge in [-0.1, -0.05) is 0 Å². The second-order valence-electron chi connectivity index (χ2n) is 2.55. The highest BCUT2D eigenvalue weighted by molar-refractivity contribution is 5.75. The molecule has 0 fully saturated rings. The molecule has 1 atom stereocenters. The summed E-state index contributed by atoms with van der Waals surface area (Å²) in [6.45, 7) is 2.16. The molecule has 0 rings (SSSR count). The number of methoxy groups -OCH3 is 3. The largest absolute Gasteiger partial charge is 0.468 e. The van der Waals surface area contributed by atoms with E-state index in [0.29, 0.717) is 6.54 Å². The first-order valence-corrected chi connectivity index (χ1v) is 4.02. The Kier molecular flexibility index (Phi) is 6.48. The van der Waals surface area contributed by atoms with Gasteiger partial charge in [0.2, 0.25) is 0 Å². The number of rotatable bonds is 6. The second kappa shape index (κ2) is 6.82. The molecule has 0 bridgehead atoms. The maximum atomic E-state index is 10.9. The van der Waals surface area contributed by atoms with Crippen molar-refractivity contribution in [1.29, 1.82) is 0 Å². The van der Waals surface area contributed by atoms with Crippen LogP contribution in [-0.2, 0) is 19.0 Å². The number of ether oxygens (including phenoxy) is 3. The van der Waals surface area contributed by atoms with E-state index in [1.165, 1.54) is 7.11 Å². The molecule has 13 heavy (non-hydrogen) atoms. The van der Waals surface area contributed by atoms with Gasteiger partial charge in [-0.15, -0.1) is 0 Å². The van der Waals surface area contributed by atoms with Crippen molar-refractivity contribution in [3.63, 3.8) is 0 Å². The van der Waals surface area contributed by atoms with Gasteiger partial charge in [-0.25, -0.2) is 0 Å². The van der Waals surface area contributed by atoms with Crippen LogP contribution in [0.15, 0.2) is 0 Å². The molecular weight excluding hydrogens is 174 g/mol. The van der Waals surface area contributed by atoms with Crippen LogP contribution in [0.3, 0.4) is 0 Å². The van der Waals surface area contributed by atoms with Gasteiger partial charge in [-0.05, 0) is 6.92 Å². The fraction of sp³-hybridized carbons (Fsp3) is 0.875. The summed E-state index contributed by atoms with van der Waals surface area (Å²) in [6, 6.07) is -0.349. The van der Waals surface area contributed by atoms with Crippen molar-refractivity contribution in [3.8, 4) is 0 Å². The Balaban J connectivity index is 3.67. The van der Waals surface area contributed by atoms with E-state index in [-0.39, 0.29) is 18.3 Å². The molecule has 0 saturated heterocycles. The average molecular weight is 191 g/mol. The first kappa shape index (κ1) is 12.3. The van der Waals surface area contributed by atoms with Gasteiger partial charge in [0, 0.05) is 20.8 Å². The monoisotopic (exact) mass is 191 g/mol. The highest BCUT2D eigenvalue weighted by Crippen LogP contribution is 1.91. The van der Waals surface area contributed by atoms with Crippen LogP contribution in [0.25, 0.3) is 0 Å². The second-order valence-corrected chi connectivity index (χ2v) is 2.55. The molecule has 1 N–H and O–H groups in total. The van der Waals surface area contributed by atoms with Gasteiger partial charge >= 0.3 is 5.97 Å². The molecule has 0 aromatic heterocycles. The molecule has 0 heterocycles. The summed E-state index contributed by atoms with van der Waals surface area (Å²) in [7, 11) is 4.43. The molecule has 0 unspecified atom stereocenters. The Labute approximate surface area is 78.3 Å². The number of hydrogen-bond donors (Lipinski definition) is 1. The van der Waals surface area contributed by atoms with Crippen LogP contribution in [0.4, 0.5) is 0 Å². The SMILES string of the molecule is COC(=O)[C@@H](C)NCC(OC)OC. The Hall–Kier alpha value is -0.650. The minimum Gasteiger partial charge on any atom is -0.468 e. The fourth-order valence-corrected chi connectivity index (χ4v) is 0.796. The maximum Gasteiger partial charge on any atom is 0.322 e. The molecular formula is C8H17NO4. The van der Waals surface area contributed by atoms with Crippen molar-refractivity contribution in [2.45, 2.75) is 19.3 Å². The van der Waals surface area contributed by atoms with Crippen molar-refractivity contribution < 1.29 is 19.0 Å². The molecule has 78 valence electrons. The zero-order valence-electron chi connectivity index (χ0n) is 8.49. The summed E-state index contributed by atoms with van der Waals surface area (Å²) >= 11 is 0. The predicted molar refractivity (Wildman–Crippen MR) is 47.3 cm³/mol. The first-order chi connectivity index (χ1) is 6.15. The van der Waals surface area contributed by atoms with Gasteiger partial charge in [0.15, 0.2) is 6.29 Å². The molecule has 0 aromatic rings. The van der Waals surface area contributed by atoms with Gasteiger partial charge in [0.1, 0.15) is 6.04 Å². The number of carbonyl (C=O) groups excluding carboxylic acids is 1. The molecule has 5 nitrogen and oxygen atoms in total. The normalized spacial score (nSPS) is 13.0. The minimum atomic E-state index is -0.349. The van der Waals surface area contributed by atoms with Gasteiger partial charge in [0.25, 0.3) is 0 Å². The molecule has 0 saturated carbocycles. The quantitative estimate of drug-likeness (QED) is 0.463. The number of hydrogen-bond acceptors (Lipinski definition) is 5. The molecule has 0 radical (unpaired) electrons. The summed E-state index contributed by atoms with van der Waals surface area (Å²) in [5, 5.41) is 2.91. The van der Waals surface area contributed by atoms with Gasteiger partial charge in [-0.3, -0.25) is 10.1 Å². The topological polar surface area (TPSA) is 56.8 Å². The summed E-state index contributed by atoms with van der Waals surface area (Å²) in [5.41, 5.74) is 0. The third-order valence-electron chi connectivity index (χ3n) is 1.67. The smallest absolute Gasteiger partial charge is 0.322 e. The van der Waals surface area contributed by atoms with Crippen LogP contribution in [0.1, 0.15) is 6.92 Å². The Bertz CT molecular complexity index is 147. The third kappa shape index (κ3) is 4.82. The van der Waals surface area contributed by atoms with Gasteiger partial charge in [0.05, 0.1) is 7.11 Å². The van der Waals surface area contributed by atoms with E-state index in [0.717, 1.165) is 0 Å². The fourth-order valence-electron chi connectivity index (χ4n) is 0.796. The van der Waals surface area contributed by atoms with E-state index in [2.05, 4.69) is 10.1 Å². The standard InChI is InChI=1S/C8H17NO4/c1-6(8(10)13-4)9-5-7(11-2)12-3/h6-7,9H,5H2,1-4H3/t6-/m1/s1. The van der Waals surface area contributed by atoms with Crippen molar-refractivity contribution in [2.24, 2.45) is 0 Å². The summed E-state index contributed by atoms with van der Waals surface area (Å²) in [6.07, 6.45) is -0.341. The third-order valence-corrected chi connectivity index (χ3v) is 1.67. The van der Waals surface area contributed by atoms with Gasteiger partial charge < -0.3 is 14.2 Å². The van der Waals surface area contributed by atoms with E-state index < -0.39 is 0 Å². The molecule has 0 aliphatic carbocycles. The average Bonchev–Trinajstić information content (AvgIpc) is 2.17. The molecule has 0 amide bonds. The number of nitrogens with one attached hydrogen (secondary N) is 1.